The van der Waals surface area contributed by atoms with Crippen LogP contribution in [0.25, 0.3) is 0 Å². The fourth-order valence-electron chi connectivity index (χ4n) is 2.03. The normalized spacial score (nSPS) is 23.4. The number of rotatable bonds is 3. The minimum atomic E-state index is -0.175. The van der Waals surface area contributed by atoms with Crippen LogP contribution in [0, 0.1) is 0 Å². The fourth-order valence-corrected chi connectivity index (χ4v) is 2.03. The predicted octanol–water partition coefficient (Wildman–Crippen LogP) is 0.664. The van der Waals surface area contributed by atoms with E-state index >= 15 is 0 Å². The smallest absolute Gasteiger partial charge is 0.270 e. The summed E-state index contributed by atoms with van der Waals surface area (Å²) in [5.74, 6) is 5.12. The van der Waals surface area contributed by atoms with E-state index in [4.69, 9.17) is 10.6 Å². The van der Waals surface area contributed by atoms with Crippen molar-refractivity contribution in [3.63, 3.8) is 0 Å². The van der Waals surface area contributed by atoms with Crippen molar-refractivity contribution >= 4 is 11.6 Å². The standard InChI is InChI=1S/C12H18N4O2/c1-8-6-9(3-5-18-8)15-12(17)11-7-10(16-13)2-4-14-11/h2,4,7-9H,3,5-6,13H2,1H3,(H,14,16)(H,15,17). The van der Waals surface area contributed by atoms with Crippen LogP contribution < -0.4 is 16.6 Å². The molecular weight excluding hydrogens is 232 g/mol. The van der Waals surface area contributed by atoms with Gasteiger partial charge < -0.3 is 15.5 Å². The van der Waals surface area contributed by atoms with Crippen LogP contribution in [0.15, 0.2) is 18.3 Å². The van der Waals surface area contributed by atoms with E-state index in [1.165, 1.54) is 0 Å². The van der Waals surface area contributed by atoms with E-state index in [1.807, 2.05) is 6.92 Å². The molecule has 1 fully saturated rings. The maximum absolute atomic E-state index is 12.0. The fraction of sp³-hybridized carbons (Fsp3) is 0.500. The molecule has 6 nitrogen and oxygen atoms in total. The third-order valence-corrected chi connectivity index (χ3v) is 2.98. The number of pyridine rings is 1. The van der Waals surface area contributed by atoms with Crippen molar-refractivity contribution in [3.05, 3.63) is 24.0 Å². The summed E-state index contributed by atoms with van der Waals surface area (Å²) in [5, 5.41) is 2.97. The summed E-state index contributed by atoms with van der Waals surface area (Å²) < 4.78 is 5.44. The van der Waals surface area contributed by atoms with Crippen LogP contribution in [-0.4, -0.2) is 29.6 Å². The van der Waals surface area contributed by atoms with Gasteiger partial charge in [0, 0.05) is 18.8 Å². The van der Waals surface area contributed by atoms with E-state index in [9.17, 15) is 4.79 Å². The molecule has 1 aliphatic rings. The zero-order chi connectivity index (χ0) is 13.0. The first-order valence-electron chi connectivity index (χ1n) is 6.04. The van der Waals surface area contributed by atoms with Gasteiger partial charge in [-0.2, -0.15) is 0 Å². The minimum Gasteiger partial charge on any atom is -0.378 e. The largest absolute Gasteiger partial charge is 0.378 e. The first kappa shape index (κ1) is 12.8. The van der Waals surface area contributed by atoms with Gasteiger partial charge in [-0.25, -0.2) is 0 Å². The van der Waals surface area contributed by atoms with Gasteiger partial charge in [0.1, 0.15) is 5.69 Å². The quantitative estimate of drug-likeness (QED) is 0.542. The van der Waals surface area contributed by atoms with Gasteiger partial charge in [0.05, 0.1) is 11.8 Å². The second-order valence-electron chi connectivity index (χ2n) is 4.45. The zero-order valence-corrected chi connectivity index (χ0v) is 10.3. The number of anilines is 1. The third kappa shape index (κ3) is 3.18. The van der Waals surface area contributed by atoms with E-state index in [1.54, 1.807) is 18.3 Å². The Kier molecular flexibility index (Phi) is 4.11. The van der Waals surface area contributed by atoms with Crippen molar-refractivity contribution in [2.45, 2.75) is 31.9 Å². The molecular formula is C12H18N4O2. The van der Waals surface area contributed by atoms with Crippen LogP contribution in [0.3, 0.4) is 0 Å². The highest BCUT2D eigenvalue weighted by Gasteiger charge is 2.21. The number of carbonyl (C=O) groups excluding carboxylic acids is 1. The summed E-state index contributed by atoms with van der Waals surface area (Å²) in [4.78, 5) is 16.0. The van der Waals surface area contributed by atoms with Crippen LogP contribution in [0.4, 0.5) is 5.69 Å². The lowest BCUT2D eigenvalue weighted by Gasteiger charge is -2.27. The Bertz CT molecular complexity index is 424. The molecule has 1 aromatic heterocycles. The minimum absolute atomic E-state index is 0.151. The summed E-state index contributed by atoms with van der Waals surface area (Å²) in [6, 6.07) is 3.48. The first-order valence-corrected chi connectivity index (χ1v) is 6.04. The average molecular weight is 250 g/mol. The van der Waals surface area contributed by atoms with Gasteiger partial charge in [-0.1, -0.05) is 0 Å². The van der Waals surface area contributed by atoms with Gasteiger partial charge in [0.2, 0.25) is 0 Å². The number of nitrogens with zero attached hydrogens (tertiary/aromatic N) is 1. The second-order valence-corrected chi connectivity index (χ2v) is 4.45. The first-order chi connectivity index (χ1) is 8.69. The molecule has 0 aromatic carbocycles. The number of hydrazine groups is 1. The predicted molar refractivity (Wildman–Crippen MR) is 67.9 cm³/mol. The van der Waals surface area contributed by atoms with Gasteiger partial charge in [-0.15, -0.1) is 0 Å². The SMILES string of the molecule is CC1CC(NC(=O)c2cc(NN)ccn2)CCO1. The van der Waals surface area contributed by atoms with E-state index in [0.29, 0.717) is 18.0 Å². The van der Waals surface area contributed by atoms with Crippen LogP contribution in [0.5, 0.6) is 0 Å². The molecule has 1 aromatic rings. The molecule has 0 bridgehead atoms. The van der Waals surface area contributed by atoms with Crippen molar-refractivity contribution in [3.8, 4) is 0 Å². The Morgan fingerprint density at radius 2 is 2.44 bits per heavy atom. The number of nitrogens with one attached hydrogen (secondary N) is 2. The highest BCUT2D eigenvalue weighted by atomic mass is 16.5. The number of hydrogen-bond acceptors (Lipinski definition) is 5. The molecule has 98 valence electrons. The molecule has 2 atom stereocenters. The van der Waals surface area contributed by atoms with Crippen molar-refractivity contribution in [2.24, 2.45) is 5.84 Å². The average Bonchev–Trinajstić information content (AvgIpc) is 2.39. The van der Waals surface area contributed by atoms with Crippen LogP contribution in [0.2, 0.25) is 0 Å². The summed E-state index contributed by atoms with van der Waals surface area (Å²) >= 11 is 0. The molecule has 18 heavy (non-hydrogen) atoms. The highest BCUT2D eigenvalue weighted by molar-refractivity contribution is 5.93. The molecule has 0 spiro atoms. The second kappa shape index (κ2) is 5.79. The van der Waals surface area contributed by atoms with Gasteiger partial charge in [-0.05, 0) is 31.9 Å². The molecule has 2 heterocycles. The number of carbonyl (C=O) groups is 1. The molecule has 1 aliphatic heterocycles. The molecule has 0 radical (unpaired) electrons. The van der Waals surface area contributed by atoms with E-state index in [0.717, 1.165) is 12.8 Å². The lowest BCUT2D eigenvalue weighted by atomic mass is 10.0. The molecule has 1 saturated heterocycles. The summed E-state index contributed by atoms with van der Waals surface area (Å²) in [6.07, 6.45) is 3.41. The third-order valence-electron chi connectivity index (χ3n) is 2.98. The number of nitrogen functional groups attached to an aromatic ring is 1. The van der Waals surface area contributed by atoms with Crippen LogP contribution in [0.1, 0.15) is 30.3 Å². The summed E-state index contributed by atoms with van der Waals surface area (Å²) in [6.45, 7) is 2.69. The van der Waals surface area contributed by atoms with Crippen molar-refractivity contribution in [1.29, 1.82) is 0 Å². The highest BCUT2D eigenvalue weighted by Crippen LogP contribution is 2.14. The summed E-state index contributed by atoms with van der Waals surface area (Å²) in [5.41, 5.74) is 3.52. The van der Waals surface area contributed by atoms with Crippen molar-refractivity contribution in [2.75, 3.05) is 12.0 Å². The molecule has 4 N–H and O–H groups in total. The van der Waals surface area contributed by atoms with Crippen LogP contribution in [-0.2, 0) is 4.74 Å². The maximum atomic E-state index is 12.0. The number of nitrogens with two attached hydrogens (primary N) is 1. The van der Waals surface area contributed by atoms with Gasteiger partial charge in [0.25, 0.3) is 5.91 Å². The van der Waals surface area contributed by atoms with Crippen molar-refractivity contribution < 1.29 is 9.53 Å². The molecule has 2 rings (SSSR count). The summed E-state index contributed by atoms with van der Waals surface area (Å²) in [7, 11) is 0. The molecule has 0 saturated carbocycles. The lowest BCUT2D eigenvalue weighted by Crippen LogP contribution is -2.41. The molecule has 0 aliphatic carbocycles. The van der Waals surface area contributed by atoms with E-state index in [2.05, 4.69) is 15.7 Å². The zero-order valence-electron chi connectivity index (χ0n) is 10.3. The number of ether oxygens (including phenoxy) is 1. The molecule has 1 amide bonds. The van der Waals surface area contributed by atoms with E-state index in [-0.39, 0.29) is 18.1 Å². The Morgan fingerprint density at radius 3 is 3.17 bits per heavy atom. The van der Waals surface area contributed by atoms with Gasteiger partial charge in [-0.3, -0.25) is 15.6 Å². The lowest BCUT2D eigenvalue weighted by molar-refractivity contribution is 0.0136. The topological polar surface area (TPSA) is 89.3 Å². The number of hydrogen-bond donors (Lipinski definition) is 3. The van der Waals surface area contributed by atoms with E-state index < -0.39 is 0 Å². The van der Waals surface area contributed by atoms with Crippen molar-refractivity contribution in [1.82, 2.24) is 10.3 Å². The molecule has 6 heteroatoms. The van der Waals surface area contributed by atoms with Gasteiger partial charge >= 0.3 is 0 Å². The maximum Gasteiger partial charge on any atom is 0.270 e. The van der Waals surface area contributed by atoms with Gasteiger partial charge in [0.15, 0.2) is 0 Å². The Hall–Kier alpha value is -1.66. The Balaban J connectivity index is 1.98. The number of aromatic nitrogens is 1. The van der Waals surface area contributed by atoms with Crippen LogP contribution >= 0.6 is 0 Å². The Morgan fingerprint density at radius 1 is 1.61 bits per heavy atom. The monoisotopic (exact) mass is 250 g/mol. The Labute approximate surface area is 106 Å². The molecule has 2 unspecified atom stereocenters. The number of amides is 1.